The van der Waals surface area contributed by atoms with Crippen molar-refractivity contribution in [3.05, 3.63) is 12.2 Å². The van der Waals surface area contributed by atoms with E-state index in [1.807, 2.05) is 13.0 Å². The number of rotatable bonds is 0. The molecule has 1 rings (SSSR count). The first kappa shape index (κ1) is 6.53. The molecule has 2 atom stereocenters. The molecule has 2 unspecified atom stereocenters. The second kappa shape index (κ2) is 2.34. The van der Waals surface area contributed by atoms with Crippen LogP contribution in [0.1, 0.15) is 20.3 Å². The van der Waals surface area contributed by atoms with Gasteiger partial charge in [-0.3, -0.25) is 4.79 Å². The summed E-state index contributed by atoms with van der Waals surface area (Å²) in [5.74, 6) is 1.08. The molecule has 0 amide bonds. The maximum atomic E-state index is 11.0. The highest BCUT2D eigenvalue weighted by atomic mass is 16.1. The summed E-state index contributed by atoms with van der Waals surface area (Å²) in [6.07, 6.45) is 4.73. The fourth-order valence-electron chi connectivity index (χ4n) is 1.04. The lowest BCUT2D eigenvalue weighted by atomic mass is 9.86. The van der Waals surface area contributed by atoms with Gasteiger partial charge in [0.1, 0.15) is 5.78 Å². The minimum absolute atomic E-state index is 0.245. The molecule has 50 valence electrons. The summed E-state index contributed by atoms with van der Waals surface area (Å²) in [7, 11) is 0. The Morgan fingerprint density at radius 2 is 2.22 bits per heavy atom. The third-order valence-corrected chi connectivity index (χ3v) is 2.06. The molecular weight excluding hydrogens is 112 g/mol. The Bertz CT molecular complexity index is 147. The van der Waals surface area contributed by atoms with E-state index in [0.717, 1.165) is 0 Å². The number of hydrogen-bond donors (Lipinski definition) is 0. The predicted molar refractivity (Wildman–Crippen MR) is 37.1 cm³/mol. The average molecular weight is 124 g/mol. The molecule has 0 fully saturated rings. The van der Waals surface area contributed by atoms with Crippen molar-refractivity contribution in [2.75, 3.05) is 0 Å². The molecule has 0 aromatic rings. The summed E-state index contributed by atoms with van der Waals surface area (Å²) in [4.78, 5) is 11.0. The molecule has 1 aliphatic rings. The lowest BCUT2D eigenvalue weighted by molar-refractivity contribution is -0.122. The summed E-state index contributed by atoms with van der Waals surface area (Å²) >= 11 is 0. The Morgan fingerprint density at radius 3 is 2.67 bits per heavy atom. The van der Waals surface area contributed by atoms with E-state index in [4.69, 9.17) is 0 Å². The second-order valence-corrected chi connectivity index (χ2v) is 2.75. The second-order valence-electron chi connectivity index (χ2n) is 2.75. The zero-order chi connectivity index (χ0) is 6.85. The van der Waals surface area contributed by atoms with Crippen molar-refractivity contribution in [1.82, 2.24) is 0 Å². The Kier molecular flexibility index (Phi) is 1.70. The minimum Gasteiger partial charge on any atom is -0.299 e. The average Bonchev–Trinajstić information content (AvgIpc) is 1.83. The predicted octanol–water partition coefficient (Wildman–Crippen LogP) is 1.79. The fraction of sp³-hybridized carbons (Fsp3) is 0.625. The monoisotopic (exact) mass is 124 g/mol. The molecule has 0 saturated carbocycles. The van der Waals surface area contributed by atoms with Crippen molar-refractivity contribution in [2.24, 2.45) is 11.8 Å². The van der Waals surface area contributed by atoms with Crippen LogP contribution in [-0.4, -0.2) is 5.78 Å². The summed E-state index contributed by atoms with van der Waals surface area (Å²) < 4.78 is 0. The van der Waals surface area contributed by atoms with Gasteiger partial charge in [0.15, 0.2) is 0 Å². The Balaban J connectivity index is 2.69. The number of Topliss-reactive ketones (excluding diaryl/α,β-unsaturated/α-hetero) is 1. The third kappa shape index (κ3) is 1.21. The quantitative estimate of drug-likeness (QED) is 0.450. The van der Waals surface area contributed by atoms with E-state index in [-0.39, 0.29) is 5.92 Å². The molecule has 0 radical (unpaired) electrons. The maximum absolute atomic E-state index is 11.0. The van der Waals surface area contributed by atoms with Gasteiger partial charge in [-0.2, -0.15) is 0 Å². The first-order valence-corrected chi connectivity index (χ1v) is 3.41. The van der Waals surface area contributed by atoms with E-state index in [0.29, 0.717) is 18.1 Å². The lowest BCUT2D eigenvalue weighted by Gasteiger charge is -2.17. The van der Waals surface area contributed by atoms with Gasteiger partial charge in [-0.15, -0.1) is 0 Å². The number of carbonyl (C=O) groups is 1. The van der Waals surface area contributed by atoms with E-state index >= 15 is 0 Å². The standard InChI is InChI=1S/C8H12O/c1-6-4-3-5-8(9)7(6)2/h3-4,6-7H,5H2,1-2H3. The molecule has 0 heterocycles. The van der Waals surface area contributed by atoms with Gasteiger partial charge in [0.05, 0.1) is 0 Å². The van der Waals surface area contributed by atoms with Gasteiger partial charge in [-0.1, -0.05) is 26.0 Å². The smallest absolute Gasteiger partial charge is 0.140 e. The van der Waals surface area contributed by atoms with Crippen molar-refractivity contribution in [1.29, 1.82) is 0 Å². The van der Waals surface area contributed by atoms with Gasteiger partial charge in [0, 0.05) is 12.3 Å². The van der Waals surface area contributed by atoms with Gasteiger partial charge < -0.3 is 0 Å². The van der Waals surface area contributed by atoms with Crippen molar-refractivity contribution < 1.29 is 4.79 Å². The summed E-state index contributed by atoms with van der Waals surface area (Å²) in [6, 6.07) is 0. The van der Waals surface area contributed by atoms with Gasteiger partial charge >= 0.3 is 0 Å². The molecule has 0 aliphatic heterocycles. The van der Waals surface area contributed by atoms with Crippen LogP contribution in [-0.2, 0) is 4.79 Å². The van der Waals surface area contributed by atoms with Gasteiger partial charge in [0.2, 0.25) is 0 Å². The Morgan fingerprint density at radius 1 is 1.56 bits per heavy atom. The third-order valence-electron chi connectivity index (χ3n) is 2.06. The van der Waals surface area contributed by atoms with Crippen LogP contribution < -0.4 is 0 Å². The van der Waals surface area contributed by atoms with Crippen LogP contribution in [0.2, 0.25) is 0 Å². The first-order chi connectivity index (χ1) is 4.22. The van der Waals surface area contributed by atoms with Crippen LogP contribution in [0, 0.1) is 11.8 Å². The van der Waals surface area contributed by atoms with Crippen LogP contribution in [0.5, 0.6) is 0 Å². The molecule has 1 nitrogen and oxygen atoms in total. The van der Waals surface area contributed by atoms with E-state index in [1.165, 1.54) is 0 Å². The molecule has 0 bridgehead atoms. The highest BCUT2D eigenvalue weighted by molar-refractivity contribution is 5.83. The molecule has 0 spiro atoms. The van der Waals surface area contributed by atoms with Crippen molar-refractivity contribution in [3.63, 3.8) is 0 Å². The SMILES string of the molecule is CC1C=CCC(=O)C1C. The molecule has 9 heavy (non-hydrogen) atoms. The van der Waals surface area contributed by atoms with Crippen LogP contribution in [0.3, 0.4) is 0 Å². The largest absolute Gasteiger partial charge is 0.299 e. The number of hydrogen-bond acceptors (Lipinski definition) is 1. The summed E-state index contributed by atoms with van der Waals surface area (Å²) in [5, 5.41) is 0. The molecular formula is C8H12O. The van der Waals surface area contributed by atoms with Crippen molar-refractivity contribution >= 4 is 5.78 Å². The summed E-state index contributed by atoms with van der Waals surface area (Å²) in [5.41, 5.74) is 0. The van der Waals surface area contributed by atoms with E-state index < -0.39 is 0 Å². The van der Waals surface area contributed by atoms with Crippen LogP contribution in [0.15, 0.2) is 12.2 Å². The van der Waals surface area contributed by atoms with Crippen LogP contribution in [0.25, 0.3) is 0 Å². The molecule has 1 aliphatic carbocycles. The Labute approximate surface area is 55.8 Å². The molecule has 0 saturated heterocycles. The van der Waals surface area contributed by atoms with Crippen LogP contribution >= 0.6 is 0 Å². The number of allylic oxidation sites excluding steroid dienone is 2. The van der Waals surface area contributed by atoms with Gasteiger partial charge in [-0.05, 0) is 5.92 Å². The highest BCUT2D eigenvalue weighted by Gasteiger charge is 2.19. The summed E-state index contributed by atoms with van der Waals surface area (Å²) in [6.45, 7) is 4.08. The molecule has 0 aromatic carbocycles. The van der Waals surface area contributed by atoms with Crippen molar-refractivity contribution in [2.45, 2.75) is 20.3 Å². The van der Waals surface area contributed by atoms with E-state index in [2.05, 4.69) is 13.0 Å². The van der Waals surface area contributed by atoms with Crippen molar-refractivity contribution in [3.8, 4) is 0 Å². The normalized spacial score (nSPS) is 35.1. The number of ketones is 1. The van der Waals surface area contributed by atoms with Gasteiger partial charge in [0.25, 0.3) is 0 Å². The zero-order valence-electron chi connectivity index (χ0n) is 5.92. The number of carbonyl (C=O) groups excluding carboxylic acids is 1. The molecule has 1 heteroatoms. The highest BCUT2D eigenvalue weighted by Crippen LogP contribution is 2.19. The molecule has 0 N–H and O–H groups in total. The topological polar surface area (TPSA) is 17.1 Å². The fourth-order valence-corrected chi connectivity index (χ4v) is 1.04. The molecule has 0 aromatic heterocycles. The van der Waals surface area contributed by atoms with E-state index in [9.17, 15) is 4.79 Å². The lowest BCUT2D eigenvalue weighted by Crippen LogP contribution is -2.19. The van der Waals surface area contributed by atoms with Crippen LogP contribution in [0.4, 0.5) is 0 Å². The van der Waals surface area contributed by atoms with E-state index in [1.54, 1.807) is 0 Å². The zero-order valence-corrected chi connectivity index (χ0v) is 5.92. The maximum Gasteiger partial charge on any atom is 0.140 e. The first-order valence-electron chi connectivity index (χ1n) is 3.41. The minimum atomic E-state index is 0.245. The Hall–Kier alpha value is -0.590. The van der Waals surface area contributed by atoms with Gasteiger partial charge in [-0.25, -0.2) is 0 Å².